The summed E-state index contributed by atoms with van der Waals surface area (Å²) in [5.74, 6) is 2.33. The number of nitrogens with one attached hydrogen (secondary N) is 1. The molecular weight excluding hydrogens is 306 g/mol. The summed E-state index contributed by atoms with van der Waals surface area (Å²) < 4.78 is 11.5. The summed E-state index contributed by atoms with van der Waals surface area (Å²) in [4.78, 5) is 6.70. The maximum atomic E-state index is 8.77. The molecule has 0 unspecified atom stereocenters. The number of hydrogen-bond donors (Lipinski definition) is 1. The van der Waals surface area contributed by atoms with Crippen molar-refractivity contribution in [2.24, 2.45) is 0 Å². The zero-order valence-corrected chi connectivity index (χ0v) is 13.7. The van der Waals surface area contributed by atoms with E-state index >= 15 is 0 Å². The molecule has 1 aromatic heterocycles. The van der Waals surface area contributed by atoms with E-state index in [1.165, 1.54) is 0 Å². The largest absolute Gasteiger partial charge is 0.494 e. The molecule has 0 aliphatic carbocycles. The molecule has 0 saturated carbocycles. The summed E-state index contributed by atoms with van der Waals surface area (Å²) in [5, 5.41) is 15.8. The van der Waals surface area contributed by atoms with Crippen LogP contribution >= 0.6 is 0 Å². The van der Waals surface area contributed by atoms with Crippen molar-refractivity contribution in [1.82, 2.24) is 20.1 Å². The smallest absolute Gasteiger partial charge is 0.180 e. The minimum atomic E-state index is -0.0665. The minimum Gasteiger partial charge on any atom is -0.494 e. The van der Waals surface area contributed by atoms with Crippen LogP contribution in [0.15, 0.2) is 24.3 Å². The van der Waals surface area contributed by atoms with Crippen LogP contribution in [0.3, 0.4) is 0 Å². The van der Waals surface area contributed by atoms with Crippen molar-refractivity contribution in [3.8, 4) is 11.8 Å². The fraction of sp³-hybridized carbons (Fsp3) is 0.471. The first-order chi connectivity index (χ1) is 11.7. The molecule has 24 heavy (non-hydrogen) atoms. The Labute approximate surface area is 141 Å². The van der Waals surface area contributed by atoms with Gasteiger partial charge in [-0.25, -0.2) is 4.98 Å². The van der Waals surface area contributed by atoms with Crippen molar-refractivity contribution in [2.75, 3.05) is 32.8 Å². The highest BCUT2D eigenvalue weighted by atomic mass is 16.5. The van der Waals surface area contributed by atoms with E-state index in [1.807, 2.05) is 19.1 Å². The predicted molar refractivity (Wildman–Crippen MR) is 87.5 cm³/mol. The average Bonchev–Trinajstić information content (AvgIpc) is 3.06. The van der Waals surface area contributed by atoms with Crippen LogP contribution in [-0.2, 0) is 4.74 Å². The second-order valence-electron chi connectivity index (χ2n) is 5.78. The van der Waals surface area contributed by atoms with E-state index in [0.717, 1.165) is 43.5 Å². The van der Waals surface area contributed by atoms with Crippen LogP contribution in [0.1, 0.15) is 29.7 Å². The zero-order chi connectivity index (χ0) is 16.8. The van der Waals surface area contributed by atoms with Crippen LogP contribution in [0.5, 0.6) is 5.75 Å². The van der Waals surface area contributed by atoms with Gasteiger partial charge in [-0.1, -0.05) is 0 Å². The van der Waals surface area contributed by atoms with Crippen LogP contribution in [0, 0.1) is 18.3 Å². The summed E-state index contributed by atoms with van der Waals surface area (Å²) in [5.41, 5.74) is 0.643. The highest BCUT2D eigenvalue weighted by Gasteiger charge is 2.24. The number of ether oxygens (including phenoxy) is 2. The number of nitriles is 1. The molecule has 0 spiro atoms. The van der Waals surface area contributed by atoms with Crippen molar-refractivity contribution in [2.45, 2.75) is 19.4 Å². The van der Waals surface area contributed by atoms with Crippen LogP contribution in [0.25, 0.3) is 0 Å². The first kappa shape index (κ1) is 16.4. The molecule has 7 heteroatoms. The van der Waals surface area contributed by atoms with Gasteiger partial charge in [0.05, 0.1) is 24.8 Å². The Kier molecular flexibility index (Phi) is 5.41. The van der Waals surface area contributed by atoms with Gasteiger partial charge in [0, 0.05) is 19.6 Å². The van der Waals surface area contributed by atoms with Gasteiger partial charge in [-0.3, -0.25) is 10.00 Å². The van der Waals surface area contributed by atoms with Gasteiger partial charge in [0.15, 0.2) is 5.82 Å². The SMILES string of the molecule is Cc1nc([C@@H]2CN(CCCOc3ccc(C#N)cc3)CCO2)n[nH]1. The molecule has 0 bridgehead atoms. The Hall–Kier alpha value is -2.43. The van der Waals surface area contributed by atoms with Crippen molar-refractivity contribution >= 4 is 0 Å². The second kappa shape index (κ2) is 7.90. The normalized spacial score (nSPS) is 18.2. The van der Waals surface area contributed by atoms with Gasteiger partial charge < -0.3 is 9.47 Å². The first-order valence-electron chi connectivity index (χ1n) is 8.10. The van der Waals surface area contributed by atoms with Gasteiger partial charge in [0.25, 0.3) is 0 Å². The molecule has 2 aromatic rings. The van der Waals surface area contributed by atoms with E-state index in [9.17, 15) is 0 Å². The van der Waals surface area contributed by atoms with Crippen molar-refractivity contribution < 1.29 is 9.47 Å². The third-order valence-corrected chi connectivity index (χ3v) is 3.92. The summed E-state index contributed by atoms with van der Waals surface area (Å²) in [6.07, 6.45) is 0.864. The number of morpholine rings is 1. The molecule has 7 nitrogen and oxygen atoms in total. The van der Waals surface area contributed by atoms with Gasteiger partial charge in [0.1, 0.15) is 17.7 Å². The highest BCUT2D eigenvalue weighted by molar-refractivity contribution is 5.34. The molecule has 1 aliphatic heterocycles. The molecular formula is C17H21N5O2. The number of rotatable bonds is 6. The number of aromatic amines is 1. The Morgan fingerprint density at radius 2 is 2.25 bits per heavy atom. The summed E-state index contributed by atoms with van der Waals surface area (Å²) in [6.45, 7) is 5.88. The zero-order valence-electron chi connectivity index (χ0n) is 13.7. The van der Waals surface area contributed by atoms with E-state index < -0.39 is 0 Å². The maximum Gasteiger partial charge on any atom is 0.180 e. The molecule has 1 N–H and O–H groups in total. The van der Waals surface area contributed by atoms with Crippen LogP contribution < -0.4 is 4.74 Å². The quantitative estimate of drug-likeness (QED) is 0.815. The second-order valence-corrected chi connectivity index (χ2v) is 5.78. The molecule has 0 amide bonds. The third-order valence-electron chi connectivity index (χ3n) is 3.92. The number of nitrogens with zero attached hydrogens (tertiary/aromatic N) is 4. The Morgan fingerprint density at radius 1 is 1.42 bits per heavy atom. The third kappa shape index (κ3) is 4.31. The van der Waals surface area contributed by atoms with Crippen LogP contribution in [0.4, 0.5) is 0 Å². The van der Waals surface area contributed by atoms with E-state index in [4.69, 9.17) is 14.7 Å². The molecule has 1 fully saturated rings. The molecule has 3 rings (SSSR count). The average molecular weight is 327 g/mol. The Balaban J connectivity index is 1.40. The van der Waals surface area contributed by atoms with Gasteiger partial charge in [-0.05, 0) is 37.6 Å². The lowest BCUT2D eigenvalue weighted by atomic mass is 10.2. The summed E-state index contributed by atoms with van der Waals surface area (Å²) >= 11 is 0. The van der Waals surface area contributed by atoms with E-state index in [0.29, 0.717) is 18.8 Å². The van der Waals surface area contributed by atoms with E-state index in [2.05, 4.69) is 26.2 Å². The lowest BCUT2D eigenvalue weighted by Crippen LogP contribution is -2.39. The van der Waals surface area contributed by atoms with E-state index in [1.54, 1.807) is 12.1 Å². The predicted octanol–water partition coefficient (Wildman–Crippen LogP) is 1.83. The van der Waals surface area contributed by atoms with Gasteiger partial charge in [-0.15, -0.1) is 0 Å². The Morgan fingerprint density at radius 3 is 2.96 bits per heavy atom. The number of H-pyrrole nitrogens is 1. The minimum absolute atomic E-state index is 0.0665. The monoisotopic (exact) mass is 327 g/mol. The fourth-order valence-corrected chi connectivity index (χ4v) is 2.67. The van der Waals surface area contributed by atoms with Crippen LogP contribution in [0.2, 0.25) is 0 Å². The first-order valence-corrected chi connectivity index (χ1v) is 8.10. The lowest BCUT2D eigenvalue weighted by molar-refractivity contribution is -0.0351. The van der Waals surface area contributed by atoms with Crippen molar-refractivity contribution in [1.29, 1.82) is 5.26 Å². The topological polar surface area (TPSA) is 87.1 Å². The maximum absolute atomic E-state index is 8.77. The van der Waals surface area contributed by atoms with Gasteiger partial charge >= 0.3 is 0 Å². The summed E-state index contributed by atoms with van der Waals surface area (Å²) in [6, 6.07) is 9.28. The standard InChI is InChI=1S/C17H21N5O2/c1-13-19-17(21-20-13)16-12-22(8-10-24-16)7-2-9-23-15-5-3-14(11-18)4-6-15/h3-6,16H,2,7-10,12H2,1H3,(H,19,20,21)/t16-/m0/s1. The number of aryl methyl sites for hydroxylation is 1. The molecule has 2 heterocycles. The number of benzene rings is 1. The number of aromatic nitrogens is 3. The van der Waals surface area contributed by atoms with Crippen molar-refractivity contribution in [3.63, 3.8) is 0 Å². The lowest BCUT2D eigenvalue weighted by Gasteiger charge is -2.31. The molecule has 0 radical (unpaired) electrons. The molecule has 1 aliphatic rings. The molecule has 126 valence electrons. The van der Waals surface area contributed by atoms with E-state index in [-0.39, 0.29) is 6.10 Å². The van der Waals surface area contributed by atoms with Gasteiger partial charge in [-0.2, -0.15) is 10.4 Å². The number of hydrogen-bond acceptors (Lipinski definition) is 6. The van der Waals surface area contributed by atoms with Crippen LogP contribution in [-0.4, -0.2) is 52.9 Å². The summed E-state index contributed by atoms with van der Waals surface area (Å²) in [7, 11) is 0. The highest BCUT2D eigenvalue weighted by Crippen LogP contribution is 2.19. The molecule has 1 atom stereocenters. The Bertz CT molecular complexity index is 692. The fourth-order valence-electron chi connectivity index (χ4n) is 2.67. The molecule has 1 saturated heterocycles. The van der Waals surface area contributed by atoms with Crippen molar-refractivity contribution in [3.05, 3.63) is 41.5 Å². The molecule has 1 aromatic carbocycles. The van der Waals surface area contributed by atoms with Gasteiger partial charge in [0.2, 0.25) is 0 Å².